The molecule has 0 bridgehead atoms. The van der Waals surface area contributed by atoms with E-state index in [1.165, 1.54) is 5.56 Å². The minimum absolute atomic E-state index is 0.176. The third-order valence-electron chi connectivity index (χ3n) is 5.12. The fourth-order valence-electron chi connectivity index (χ4n) is 3.45. The first-order valence-corrected chi connectivity index (χ1v) is 9.19. The molecule has 1 amide bonds. The number of aryl methyl sites for hydroxylation is 2. The number of carboxylic acids is 1. The fraction of sp³-hybridized carbons (Fsp3) is 0.450. The van der Waals surface area contributed by atoms with Crippen molar-refractivity contribution in [3.05, 3.63) is 53.3 Å². The fourth-order valence-corrected chi connectivity index (χ4v) is 3.45. The maximum absolute atomic E-state index is 12.5. The summed E-state index contributed by atoms with van der Waals surface area (Å²) >= 11 is 0. The van der Waals surface area contributed by atoms with Gasteiger partial charge in [0.1, 0.15) is 0 Å². The van der Waals surface area contributed by atoms with Crippen LogP contribution >= 0.6 is 0 Å². The van der Waals surface area contributed by atoms with Gasteiger partial charge in [0.05, 0.1) is 11.8 Å². The molecule has 1 N–H and O–H groups in total. The molecule has 6 heteroatoms. The Morgan fingerprint density at radius 1 is 1.19 bits per heavy atom. The van der Waals surface area contributed by atoms with Crippen molar-refractivity contribution in [1.29, 1.82) is 0 Å². The summed E-state index contributed by atoms with van der Waals surface area (Å²) in [7, 11) is 0. The largest absolute Gasteiger partial charge is 0.478 e. The molecule has 0 radical (unpaired) electrons. The quantitative estimate of drug-likeness (QED) is 0.864. The number of aromatic carboxylic acids is 1. The average molecular weight is 355 g/mol. The van der Waals surface area contributed by atoms with Gasteiger partial charge in [0.25, 0.3) is 0 Å². The van der Waals surface area contributed by atoms with Crippen LogP contribution in [0, 0.1) is 0 Å². The highest BCUT2D eigenvalue weighted by molar-refractivity contribution is 5.87. The van der Waals surface area contributed by atoms with Gasteiger partial charge < -0.3 is 10.0 Å². The first-order valence-electron chi connectivity index (χ1n) is 9.19. The number of benzene rings is 1. The molecule has 1 aliphatic rings. The summed E-state index contributed by atoms with van der Waals surface area (Å²) in [5, 5.41) is 13.3. The topological polar surface area (TPSA) is 75.4 Å². The minimum Gasteiger partial charge on any atom is -0.478 e. The Kier molecular flexibility index (Phi) is 5.71. The molecule has 1 aliphatic heterocycles. The lowest BCUT2D eigenvalue weighted by Crippen LogP contribution is -2.38. The van der Waals surface area contributed by atoms with Crippen LogP contribution in [0.5, 0.6) is 0 Å². The Bertz CT molecular complexity index is 759. The van der Waals surface area contributed by atoms with Gasteiger partial charge in [-0.25, -0.2) is 4.79 Å². The second-order valence-electron chi connectivity index (χ2n) is 6.79. The van der Waals surface area contributed by atoms with E-state index in [0.29, 0.717) is 18.8 Å². The summed E-state index contributed by atoms with van der Waals surface area (Å²) < 4.78 is 1.95. The van der Waals surface area contributed by atoms with E-state index in [9.17, 15) is 9.59 Å². The van der Waals surface area contributed by atoms with E-state index in [1.807, 2.05) is 15.8 Å². The molecule has 6 nitrogen and oxygen atoms in total. The number of hydrogen-bond donors (Lipinski definition) is 1. The molecule has 1 aromatic heterocycles. The van der Waals surface area contributed by atoms with Gasteiger partial charge in [0.2, 0.25) is 5.91 Å². The number of rotatable bonds is 6. The molecule has 0 spiro atoms. The molecule has 0 saturated carbocycles. The summed E-state index contributed by atoms with van der Waals surface area (Å²) in [5.41, 5.74) is 2.54. The summed E-state index contributed by atoms with van der Waals surface area (Å²) in [4.78, 5) is 25.3. The standard InChI is InChI=1S/C20H25N3O3/c1-2-23-14-18(13-21-23)16-9-11-22(12-10-16)19(24)8-5-15-3-6-17(7-4-15)20(25)26/h3-4,6-7,13-14,16H,2,5,8-12H2,1H3,(H,25,26). The van der Waals surface area contributed by atoms with E-state index >= 15 is 0 Å². The van der Waals surface area contributed by atoms with Gasteiger partial charge in [-0.2, -0.15) is 5.10 Å². The van der Waals surface area contributed by atoms with E-state index in [1.54, 1.807) is 24.3 Å². The summed E-state index contributed by atoms with van der Waals surface area (Å²) in [5.74, 6) is -0.266. The van der Waals surface area contributed by atoms with Gasteiger partial charge in [-0.15, -0.1) is 0 Å². The van der Waals surface area contributed by atoms with Gasteiger partial charge in [-0.05, 0) is 55.4 Å². The molecule has 138 valence electrons. The van der Waals surface area contributed by atoms with E-state index in [2.05, 4.69) is 18.2 Å². The molecular formula is C20H25N3O3. The van der Waals surface area contributed by atoms with Crippen molar-refractivity contribution in [1.82, 2.24) is 14.7 Å². The predicted molar refractivity (Wildman–Crippen MR) is 98.2 cm³/mol. The number of carboxylic acid groups (broad SMARTS) is 1. The van der Waals surface area contributed by atoms with Crippen LogP contribution < -0.4 is 0 Å². The number of nitrogens with zero attached hydrogens (tertiary/aromatic N) is 3. The number of amides is 1. The van der Waals surface area contributed by atoms with Gasteiger partial charge in [-0.1, -0.05) is 12.1 Å². The summed E-state index contributed by atoms with van der Waals surface area (Å²) in [6, 6.07) is 6.75. The molecule has 2 aromatic rings. The lowest BCUT2D eigenvalue weighted by molar-refractivity contribution is -0.132. The third kappa shape index (κ3) is 4.31. The molecule has 0 atom stereocenters. The van der Waals surface area contributed by atoms with Crippen molar-refractivity contribution in [2.24, 2.45) is 0 Å². The van der Waals surface area contributed by atoms with Crippen LogP contribution in [-0.4, -0.2) is 44.8 Å². The Balaban J connectivity index is 1.46. The van der Waals surface area contributed by atoms with Gasteiger partial charge >= 0.3 is 5.97 Å². The SMILES string of the molecule is CCn1cc(C2CCN(C(=O)CCc3ccc(C(=O)O)cc3)CC2)cn1. The number of piperidine rings is 1. The Hall–Kier alpha value is -2.63. The highest BCUT2D eigenvalue weighted by Crippen LogP contribution is 2.28. The van der Waals surface area contributed by atoms with Gasteiger partial charge in [0, 0.05) is 32.3 Å². The van der Waals surface area contributed by atoms with E-state index in [4.69, 9.17) is 5.11 Å². The maximum Gasteiger partial charge on any atom is 0.335 e. The zero-order valence-electron chi connectivity index (χ0n) is 15.1. The zero-order chi connectivity index (χ0) is 18.5. The van der Waals surface area contributed by atoms with Crippen LogP contribution in [0.2, 0.25) is 0 Å². The van der Waals surface area contributed by atoms with Gasteiger partial charge in [0.15, 0.2) is 0 Å². The van der Waals surface area contributed by atoms with E-state index < -0.39 is 5.97 Å². The molecule has 0 unspecified atom stereocenters. The number of carbonyl (C=O) groups excluding carboxylic acids is 1. The van der Waals surface area contributed by atoms with Crippen molar-refractivity contribution >= 4 is 11.9 Å². The van der Waals surface area contributed by atoms with E-state index in [-0.39, 0.29) is 11.5 Å². The van der Waals surface area contributed by atoms with Crippen molar-refractivity contribution < 1.29 is 14.7 Å². The minimum atomic E-state index is -0.931. The molecule has 0 aliphatic carbocycles. The first kappa shape index (κ1) is 18.2. The second kappa shape index (κ2) is 8.17. The van der Waals surface area contributed by atoms with Crippen molar-refractivity contribution in [2.45, 2.75) is 45.1 Å². The van der Waals surface area contributed by atoms with Crippen LogP contribution in [0.25, 0.3) is 0 Å². The second-order valence-corrected chi connectivity index (χ2v) is 6.79. The van der Waals surface area contributed by atoms with Crippen LogP contribution in [0.1, 0.15) is 53.6 Å². The van der Waals surface area contributed by atoms with E-state index in [0.717, 1.165) is 38.0 Å². The highest BCUT2D eigenvalue weighted by Gasteiger charge is 2.24. The molecule has 3 rings (SSSR count). The molecule has 1 fully saturated rings. The number of aromatic nitrogens is 2. The smallest absolute Gasteiger partial charge is 0.335 e. The lowest BCUT2D eigenvalue weighted by atomic mass is 9.91. The predicted octanol–water partition coefficient (Wildman–Crippen LogP) is 2.94. The number of likely N-dealkylation sites (tertiary alicyclic amines) is 1. The Morgan fingerprint density at radius 3 is 2.46 bits per heavy atom. The molecular weight excluding hydrogens is 330 g/mol. The number of carbonyl (C=O) groups is 2. The Labute approximate surface area is 153 Å². The normalized spacial score (nSPS) is 15.2. The Morgan fingerprint density at radius 2 is 1.88 bits per heavy atom. The van der Waals surface area contributed by atoms with Crippen LogP contribution in [-0.2, 0) is 17.8 Å². The molecule has 2 heterocycles. The first-order chi connectivity index (χ1) is 12.6. The van der Waals surface area contributed by atoms with Crippen molar-refractivity contribution in [2.75, 3.05) is 13.1 Å². The van der Waals surface area contributed by atoms with Crippen molar-refractivity contribution in [3.8, 4) is 0 Å². The van der Waals surface area contributed by atoms with Crippen LogP contribution in [0.3, 0.4) is 0 Å². The lowest BCUT2D eigenvalue weighted by Gasteiger charge is -2.31. The number of hydrogen-bond acceptors (Lipinski definition) is 3. The summed E-state index contributed by atoms with van der Waals surface area (Å²) in [6.07, 6.45) is 7.13. The highest BCUT2D eigenvalue weighted by atomic mass is 16.4. The average Bonchev–Trinajstić information content (AvgIpc) is 3.16. The van der Waals surface area contributed by atoms with Crippen LogP contribution in [0.15, 0.2) is 36.7 Å². The summed E-state index contributed by atoms with van der Waals surface area (Å²) in [6.45, 7) is 4.54. The van der Waals surface area contributed by atoms with Gasteiger partial charge in [-0.3, -0.25) is 9.48 Å². The maximum atomic E-state index is 12.5. The monoisotopic (exact) mass is 355 g/mol. The van der Waals surface area contributed by atoms with Crippen LogP contribution in [0.4, 0.5) is 0 Å². The zero-order valence-corrected chi connectivity index (χ0v) is 15.1. The molecule has 1 aromatic carbocycles. The van der Waals surface area contributed by atoms with Crippen molar-refractivity contribution in [3.63, 3.8) is 0 Å². The molecule has 1 saturated heterocycles. The molecule has 26 heavy (non-hydrogen) atoms. The third-order valence-corrected chi connectivity index (χ3v) is 5.12.